The van der Waals surface area contributed by atoms with Gasteiger partial charge in [0.2, 0.25) is 0 Å². The van der Waals surface area contributed by atoms with E-state index in [1.165, 1.54) is 19.4 Å². The average molecular weight is 194 g/mol. The fraction of sp³-hybridized carbons (Fsp3) is 0.833. The van der Waals surface area contributed by atoms with E-state index < -0.39 is 0 Å². The lowest BCUT2D eigenvalue weighted by molar-refractivity contribution is 0.206. The van der Waals surface area contributed by atoms with Gasteiger partial charge in [0, 0.05) is 25.0 Å². The molecule has 1 saturated heterocycles. The van der Waals surface area contributed by atoms with Crippen molar-refractivity contribution in [2.75, 3.05) is 19.6 Å². The molecule has 2 atom stereocenters. The van der Waals surface area contributed by atoms with E-state index in [0.29, 0.717) is 12.1 Å². The van der Waals surface area contributed by atoms with E-state index >= 15 is 0 Å². The zero-order valence-corrected chi connectivity index (χ0v) is 9.42. The first kappa shape index (κ1) is 11.6. The number of hydrogen-bond donors (Lipinski definition) is 1. The van der Waals surface area contributed by atoms with Crippen molar-refractivity contribution in [2.24, 2.45) is 0 Å². The molecule has 0 aromatic rings. The average Bonchev–Trinajstić information content (AvgIpc) is 2.43. The monoisotopic (exact) mass is 194 g/mol. The van der Waals surface area contributed by atoms with Crippen molar-refractivity contribution in [2.45, 2.75) is 45.2 Å². The molecule has 2 unspecified atom stereocenters. The molecule has 1 aliphatic rings. The van der Waals surface area contributed by atoms with Crippen LogP contribution in [0.1, 0.15) is 33.1 Å². The van der Waals surface area contributed by atoms with Crippen LogP contribution in [-0.2, 0) is 0 Å². The van der Waals surface area contributed by atoms with Crippen molar-refractivity contribution in [3.8, 4) is 12.3 Å². The number of terminal acetylenes is 1. The zero-order valence-electron chi connectivity index (χ0n) is 9.42. The fourth-order valence-corrected chi connectivity index (χ4v) is 2.00. The highest BCUT2D eigenvalue weighted by Gasteiger charge is 2.19. The fourth-order valence-electron chi connectivity index (χ4n) is 2.00. The number of hydrogen-bond acceptors (Lipinski definition) is 2. The summed E-state index contributed by atoms with van der Waals surface area (Å²) in [7, 11) is 0. The molecule has 1 rings (SSSR count). The minimum Gasteiger partial charge on any atom is -0.313 e. The Balaban J connectivity index is 2.46. The Bertz CT molecular complexity index is 195. The van der Waals surface area contributed by atoms with Crippen molar-refractivity contribution in [1.29, 1.82) is 0 Å². The van der Waals surface area contributed by atoms with Gasteiger partial charge in [0.1, 0.15) is 0 Å². The summed E-state index contributed by atoms with van der Waals surface area (Å²) in [5, 5.41) is 3.56. The third-order valence-corrected chi connectivity index (χ3v) is 3.04. The van der Waals surface area contributed by atoms with Gasteiger partial charge < -0.3 is 5.32 Å². The molecule has 2 nitrogen and oxygen atoms in total. The van der Waals surface area contributed by atoms with E-state index in [4.69, 9.17) is 6.42 Å². The number of nitrogens with one attached hydrogen (secondary N) is 1. The minimum absolute atomic E-state index is 0.536. The second-order valence-electron chi connectivity index (χ2n) is 4.17. The maximum Gasteiger partial charge on any atom is 0.0240 e. The molecule has 2 heteroatoms. The van der Waals surface area contributed by atoms with Crippen LogP contribution >= 0.6 is 0 Å². The smallest absolute Gasteiger partial charge is 0.0240 e. The maximum absolute atomic E-state index is 5.35. The predicted molar refractivity (Wildman–Crippen MR) is 61.2 cm³/mol. The van der Waals surface area contributed by atoms with Gasteiger partial charge in [0.15, 0.2) is 0 Å². The molecule has 0 radical (unpaired) electrons. The van der Waals surface area contributed by atoms with Gasteiger partial charge in [-0.25, -0.2) is 0 Å². The van der Waals surface area contributed by atoms with E-state index in [-0.39, 0.29) is 0 Å². The van der Waals surface area contributed by atoms with Crippen molar-refractivity contribution >= 4 is 0 Å². The molecule has 0 aromatic carbocycles. The van der Waals surface area contributed by atoms with Gasteiger partial charge in [-0.15, -0.1) is 12.3 Å². The van der Waals surface area contributed by atoms with E-state index in [1.807, 2.05) is 0 Å². The Kier molecular flexibility index (Phi) is 5.00. The van der Waals surface area contributed by atoms with Gasteiger partial charge in [-0.3, -0.25) is 4.90 Å². The van der Waals surface area contributed by atoms with Crippen LogP contribution in [0.25, 0.3) is 0 Å². The molecule has 1 N–H and O–H groups in total. The highest BCUT2D eigenvalue weighted by molar-refractivity contribution is 4.90. The van der Waals surface area contributed by atoms with Crippen LogP contribution in [0.3, 0.4) is 0 Å². The van der Waals surface area contributed by atoms with Gasteiger partial charge >= 0.3 is 0 Å². The predicted octanol–water partition coefficient (Wildman–Crippen LogP) is 1.47. The molecule has 1 aliphatic heterocycles. The van der Waals surface area contributed by atoms with Gasteiger partial charge in [-0.05, 0) is 32.9 Å². The topological polar surface area (TPSA) is 15.3 Å². The maximum atomic E-state index is 5.35. The van der Waals surface area contributed by atoms with Gasteiger partial charge in [0.05, 0.1) is 0 Å². The molecule has 0 aliphatic carbocycles. The van der Waals surface area contributed by atoms with Crippen LogP contribution in [0.4, 0.5) is 0 Å². The summed E-state index contributed by atoms with van der Waals surface area (Å²) < 4.78 is 0. The van der Waals surface area contributed by atoms with Gasteiger partial charge in [-0.1, -0.05) is 6.92 Å². The van der Waals surface area contributed by atoms with E-state index in [2.05, 4.69) is 30.0 Å². The Morgan fingerprint density at radius 1 is 1.64 bits per heavy atom. The molecular weight excluding hydrogens is 172 g/mol. The summed E-state index contributed by atoms with van der Waals surface area (Å²) in [4.78, 5) is 2.52. The summed E-state index contributed by atoms with van der Waals surface area (Å²) in [6, 6.07) is 1.19. The highest BCUT2D eigenvalue weighted by Crippen LogP contribution is 2.09. The van der Waals surface area contributed by atoms with Crippen LogP contribution < -0.4 is 5.32 Å². The summed E-state index contributed by atoms with van der Waals surface area (Å²) in [6.07, 6.45) is 8.67. The lowest BCUT2D eigenvalue weighted by atomic mass is 10.1. The summed E-state index contributed by atoms with van der Waals surface area (Å²) in [5.74, 6) is 2.76. The van der Waals surface area contributed by atoms with Crippen LogP contribution in [0.15, 0.2) is 0 Å². The van der Waals surface area contributed by atoms with Crippen molar-refractivity contribution in [3.63, 3.8) is 0 Å². The van der Waals surface area contributed by atoms with Crippen LogP contribution in [0.5, 0.6) is 0 Å². The Labute approximate surface area is 88.1 Å². The van der Waals surface area contributed by atoms with Crippen molar-refractivity contribution < 1.29 is 0 Å². The Morgan fingerprint density at radius 3 is 3.07 bits per heavy atom. The number of nitrogens with zero attached hydrogens (tertiary/aromatic N) is 1. The Hall–Kier alpha value is -0.520. The SMILES string of the molecule is C#CCC(C)N1CCCNC(CC)C1. The molecule has 0 saturated carbocycles. The summed E-state index contributed by atoms with van der Waals surface area (Å²) in [5.41, 5.74) is 0. The minimum atomic E-state index is 0.536. The quantitative estimate of drug-likeness (QED) is 0.685. The third kappa shape index (κ3) is 3.32. The third-order valence-electron chi connectivity index (χ3n) is 3.04. The lowest BCUT2D eigenvalue weighted by Crippen LogP contribution is -2.41. The highest BCUT2D eigenvalue weighted by atomic mass is 15.2. The molecule has 0 bridgehead atoms. The molecule has 14 heavy (non-hydrogen) atoms. The second-order valence-corrected chi connectivity index (χ2v) is 4.17. The molecule has 0 amide bonds. The second kappa shape index (κ2) is 6.06. The summed E-state index contributed by atoms with van der Waals surface area (Å²) >= 11 is 0. The van der Waals surface area contributed by atoms with Gasteiger partial charge in [0.25, 0.3) is 0 Å². The first-order valence-corrected chi connectivity index (χ1v) is 5.68. The summed E-state index contributed by atoms with van der Waals surface area (Å²) in [6.45, 7) is 7.97. The van der Waals surface area contributed by atoms with Crippen molar-refractivity contribution in [1.82, 2.24) is 10.2 Å². The molecule has 0 spiro atoms. The van der Waals surface area contributed by atoms with E-state index in [1.54, 1.807) is 0 Å². The molecule has 0 aromatic heterocycles. The Morgan fingerprint density at radius 2 is 2.43 bits per heavy atom. The lowest BCUT2D eigenvalue weighted by Gasteiger charge is -2.28. The molecule has 1 fully saturated rings. The van der Waals surface area contributed by atoms with Gasteiger partial charge in [-0.2, -0.15) is 0 Å². The van der Waals surface area contributed by atoms with Crippen LogP contribution in [0.2, 0.25) is 0 Å². The largest absolute Gasteiger partial charge is 0.313 e. The number of rotatable bonds is 3. The van der Waals surface area contributed by atoms with Crippen LogP contribution in [0, 0.1) is 12.3 Å². The first-order valence-electron chi connectivity index (χ1n) is 5.68. The standard InChI is InChI=1S/C12H22N2/c1-4-7-11(3)14-9-6-8-13-12(5-2)10-14/h1,11-13H,5-10H2,2-3H3. The zero-order chi connectivity index (χ0) is 10.4. The molecular formula is C12H22N2. The normalized spacial score (nSPS) is 26.5. The van der Waals surface area contributed by atoms with E-state index in [9.17, 15) is 0 Å². The van der Waals surface area contributed by atoms with E-state index in [0.717, 1.165) is 19.5 Å². The first-order chi connectivity index (χ1) is 6.77. The van der Waals surface area contributed by atoms with Crippen molar-refractivity contribution in [3.05, 3.63) is 0 Å². The molecule has 80 valence electrons. The molecule has 1 heterocycles. The van der Waals surface area contributed by atoms with Crippen LogP contribution in [-0.4, -0.2) is 36.6 Å².